The van der Waals surface area contributed by atoms with Gasteiger partial charge >= 0.3 is 5.97 Å². The van der Waals surface area contributed by atoms with Crippen molar-refractivity contribution < 1.29 is 19.1 Å². The lowest BCUT2D eigenvalue weighted by molar-refractivity contribution is -0.123. The van der Waals surface area contributed by atoms with Crippen LogP contribution in [0.25, 0.3) is 0 Å². The molecule has 24 heavy (non-hydrogen) atoms. The van der Waals surface area contributed by atoms with E-state index in [2.05, 4.69) is 15.3 Å². The molecule has 2 rings (SSSR count). The number of hydrazone groups is 1. The molecule has 6 heteroatoms. The summed E-state index contributed by atoms with van der Waals surface area (Å²) in [6, 6.07) is 14.1. The number of hydrogen-bond donors (Lipinski definition) is 1. The average Bonchev–Trinajstić information content (AvgIpc) is 2.61. The fourth-order valence-corrected chi connectivity index (χ4v) is 1.82. The second-order valence-electron chi connectivity index (χ2n) is 5.01. The van der Waals surface area contributed by atoms with Crippen LogP contribution in [-0.2, 0) is 9.53 Å². The summed E-state index contributed by atoms with van der Waals surface area (Å²) in [6.45, 7) is 1.85. The minimum Gasteiger partial charge on any atom is -0.484 e. The molecule has 0 aliphatic heterocycles. The Morgan fingerprint density at radius 3 is 2.38 bits per heavy atom. The first-order chi connectivity index (χ1) is 11.6. The van der Waals surface area contributed by atoms with Gasteiger partial charge in [-0.3, -0.25) is 4.79 Å². The van der Waals surface area contributed by atoms with Gasteiger partial charge in [0.25, 0.3) is 5.91 Å². The molecule has 1 amide bonds. The molecule has 0 saturated heterocycles. The van der Waals surface area contributed by atoms with Crippen molar-refractivity contribution in [2.24, 2.45) is 5.10 Å². The molecule has 6 nitrogen and oxygen atoms in total. The third kappa shape index (κ3) is 5.24. The summed E-state index contributed by atoms with van der Waals surface area (Å²) in [6.07, 6.45) is 1.48. The highest BCUT2D eigenvalue weighted by Crippen LogP contribution is 2.10. The Balaban J connectivity index is 1.79. The first kappa shape index (κ1) is 17.2. The van der Waals surface area contributed by atoms with Gasteiger partial charge in [0.2, 0.25) is 0 Å². The number of esters is 1. The molecule has 0 atom stereocenters. The summed E-state index contributed by atoms with van der Waals surface area (Å²) < 4.78 is 9.96. The minimum absolute atomic E-state index is 0.123. The highest BCUT2D eigenvalue weighted by Gasteiger charge is 2.04. The molecule has 0 aromatic heterocycles. The molecule has 0 bridgehead atoms. The van der Waals surface area contributed by atoms with Crippen molar-refractivity contribution in [2.75, 3.05) is 13.7 Å². The topological polar surface area (TPSA) is 77.0 Å². The number of carbonyl (C=O) groups is 2. The van der Waals surface area contributed by atoms with Gasteiger partial charge < -0.3 is 9.47 Å². The van der Waals surface area contributed by atoms with Crippen molar-refractivity contribution in [1.82, 2.24) is 5.43 Å². The third-order valence-corrected chi connectivity index (χ3v) is 3.13. The van der Waals surface area contributed by atoms with Crippen LogP contribution in [0.2, 0.25) is 0 Å². The summed E-state index contributed by atoms with van der Waals surface area (Å²) in [7, 11) is 1.33. The molecule has 0 unspecified atom stereocenters. The molecule has 0 spiro atoms. The van der Waals surface area contributed by atoms with Crippen LogP contribution in [0.5, 0.6) is 5.75 Å². The van der Waals surface area contributed by atoms with Crippen LogP contribution in [-0.4, -0.2) is 31.8 Å². The summed E-state index contributed by atoms with van der Waals surface area (Å²) in [4.78, 5) is 23.0. The average molecular weight is 326 g/mol. The number of amides is 1. The quantitative estimate of drug-likeness (QED) is 0.502. The molecule has 0 radical (unpaired) electrons. The highest BCUT2D eigenvalue weighted by molar-refractivity contribution is 5.90. The van der Waals surface area contributed by atoms with Crippen molar-refractivity contribution in [2.45, 2.75) is 6.92 Å². The van der Waals surface area contributed by atoms with E-state index in [0.29, 0.717) is 11.3 Å². The highest BCUT2D eigenvalue weighted by atomic mass is 16.5. The summed E-state index contributed by atoms with van der Waals surface area (Å²) in [5, 5.41) is 3.84. The van der Waals surface area contributed by atoms with Crippen LogP contribution in [0, 0.1) is 6.92 Å². The van der Waals surface area contributed by atoms with E-state index < -0.39 is 5.97 Å². The molecule has 0 aliphatic rings. The Morgan fingerprint density at radius 2 is 1.75 bits per heavy atom. The van der Waals surface area contributed by atoms with E-state index in [0.717, 1.165) is 11.1 Å². The fourth-order valence-electron chi connectivity index (χ4n) is 1.82. The number of aryl methyl sites for hydroxylation is 1. The Hall–Kier alpha value is -3.15. The van der Waals surface area contributed by atoms with Crippen molar-refractivity contribution >= 4 is 18.1 Å². The third-order valence-electron chi connectivity index (χ3n) is 3.13. The van der Waals surface area contributed by atoms with Crippen LogP contribution in [0.15, 0.2) is 53.6 Å². The Kier molecular flexibility index (Phi) is 6.08. The van der Waals surface area contributed by atoms with E-state index in [1.165, 1.54) is 13.3 Å². The lowest BCUT2D eigenvalue weighted by Gasteiger charge is -2.05. The van der Waals surface area contributed by atoms with Gasteiger partial charge in [0.15, 0.2) is 6.61 Å². The molecular formula is C18H18N2O4. The standard InChI is InChI=1S/C18H18N2O4/c1-13-3-9-16(10-4-13)24-12-17(21)20-19-11-14-5-7-15(8-6-14)18(22)23-2/h3-11H,12H2,1-2H3,(H,20,21). The fraction of sp³-hybridized carbons (Fsp3) is 0.167. The van der Waals surface area contributed by atoms with Crippen molar-refractivity contribution in [3.63, 3.8) is 0 Å². The molecule has 124 valence electrons. The maximum atomic E-state index is 11.6. The number of carbonyl (C=O) groups excluding carboxylic acids is 2. The van der Waals surface area contributed by atoms with Gasteiger partial charge in [-0.2, -0.15) is 5.10 Å². The van der Waals surface area contributed by atoms with Crippen molar-refractivity contribution in [3.8, 4) is 5.75 Å². The predicted octanol–water partition coefficient (Wildman–Crippen LogP) is 2.31. The summed E-state index contributed by atoms with van der Waals surface area (Å²) in [5.41, 5.74) is 4.68. The maximum Gasteiger partial charge on any atom is 0.337 e. The first-order valence-corrected chi connectivity index (χ1v) is 7.28. The lowest BCUT2D eigenvalue weighted by atomic mass is 10.1. The van der Waals surface area contributed by atoms with Crippen LogP contribution in [0.4, 0.5) is 0 Å². The number of rotatable bonds is 6. The molecule has 2 aromatic carbocycles. The molecular weight excluding hydrogens is 308 g/mol. The van der Waals surface area contributed by atoms with E-state index in [4.69, 9.17) is 4.74 Å². The smallest absolute Gasteiger partial charge is 0.337 e. The zero-order valence-corrected chi connectivity index (χ0v) is 13.5. The van der Waals surface area contributed by atoms with Gasteiger partial charge in [-0.1, -0.05) is 29.8 Å². The largest absolute Gasteiger partial charge is 0.484 e. The van der Waals surface area contributed by atoms with Gasteiger partial charge in [0, 0.05) is 0 Å². The number of methoxy groups -OCH3 is 1. The zero-order valence-electron chi connectivity index (χ0n) is 13.5. The second-order valence-corrected chi connectivity index (χ2v) is 5.01. The Bertz CT molecular complexity index is 722. The normalized spacial score (nSPS) is 10.4. The van der Waals surface area contributed by atoms with E-state index in [1.54, 1.807) is 36.4 Å². The first-order valence-electron chi connectivity index (χ1n) is 7.28. The Labute approximate surface area is 140 Å². The van der Waals surface area contributed by atoms with E-state index in [1.807, 2.05) is 19.1 Å². The number of benzene rings is 2. The SMILES string of the molecule is COC(=O)c1ccc(C=NNC(=O)COc2ccc(C)cc2)cc1. The molecule has 2 aromatic rings. The minimum atomic E-state index is -0.403. The molecule has 0 fully saturated rings. The van der Waals surface area contributed by atoms with Crippen LogP contribution in [0.3, 0.4) is 0 Å². The summed E-state index contributed by atoms with van der Waals surface area (Å²) in [5.74, 6) is -0.142. The van der Waals surface area contributed by atoms with E-state index >= 15 is 0 Å². The molecule has 0 heterocycles. The van der Waals surface area contributed by atoms with Crippen molar-refractivity contribution in [3.05, 3.63) is 65.2 Å². The second kappa shape index (κ2) is 8.47. The molecule has 0 saturated carbocycles. The summed E-state index contributed by atoms with van der Waals surface area (Å²) >= 11 is 0. The monoisotopic (exact) mass is 326 g/mol. The van der Waals surface area contributed by atoms with Crippen LogP contribution >= 0.6 is 0 Å². The number of nitrogens with one attached hydrogen (secondary N) is 1. The van der Waals surface area contributed by atoms with Gasteiger partial charge in [0.05, 0.1) is 18.9 Å². The van der Waals surface area contributed by atoms with E-state index in [-0.39, 0.29) is 12.5 Å². The van der Waals surface area contributed by atoms with Crippen molar-refractivity contribution in [1.29, 1.82) is 0 Å². The number of hydrogen-bond acceptors (Lipinski definition) is 5. The number of ether oxygens (including phenoxy) is 2. The predicted molar refractivity (Wildman–Crippen MR) is 90.2 cm³/mol. The van der Waals surface area contributed by atoms with Crippen LogP contribution in [0.1, 0.15) is 21.5 Å². The van der Waals surface area contributed by atoms with Gasteiger partial charge in [-0.15, -0.1) is 0 Å². The van der Waals surface area contributed by atoms with E-state index in [9.17, 15) is 9.59 Å². The Morgan fingerprint density at radius 1 is 1.08 bits per heavy atom. The zero-order chi connectivity index (χ0) is 17.4. The maximum absolute atomic E-state index is 11.6. The molecule has 0 aliphatic carbocycles. The van der Waals surface area contributed by atoms with Gasteiger partial charge in [-0.05, 0) is 36.8 Å². The van der Waals surface area contributed by atoms with Crippen LogP contribution < -0.4 is 10.2 Å². The number of nitrogens with zero attached hydrogens (tertiary/aromatic N) is 1. The lowest BCUT2D eigenvalue weighted by Crippen LogP contribution is -2.24. The van der Waals surface area contributed by atoms with Gasteiger partial charge in [-0.25, -0.2) is 10.2 Å². The molecule has 1 N–H and O–H groups in total. The van der Waals surface area contributed by atoms with Gasteiger partial charge in [0.1, 0.15) is 5.75 Å².